The molecule has 0 saturated carbocycles. The van der Waals surface area contributed by atoms with E-state index in [2.05, 4.69) is 35.1 Å². The molecule has 3 rings (SSSR count). The zero-order valence-electron chi connectivity index (χ0n) is 14.1. The molecule has 0 fully saturated rings. The fraction of sp³-hybridized carbons (Fsp3) is 0.190. The molecule has 0 radical (unpaired) electrons. The lowest BCUT2D eigenvalue weighted by Gasteiger charge is -2.09. The van der Waals surface area contributed by atoms with Crippen LogP contribution < -0.4 is 10.9 Å². The van der Waals surface area contributed by atoms with Crippen molar-refractivity contribution in [2.75, 3.05) is 6.61 Å². The summed E-state index contributed by atoms with van der Waals surface area (Å²) in [4.78, 5) is 11.8. The van der Waals surface area contributed by atoms with E-state index in [0.29, 0.717) is 26.2 Å². The highest BCUT2D eigenvalue weighted by Crippen LogP contribution is 2.19. The summed E-state index contributed by atoms with van der Waals surface area (Å²) in [5.74, 6) is -0.0751. The van der Waals surface area contributed by atoms with Gasteiger partial charge in [0.2, 0.25) is 5.91 Å². The highest BCUT2D eigenvalue weighted by molar-refractivity contribution is 5.85. The Labute approximate surface area is 147 Å². The van der Waals surface area contributed by atoms with Gasteiger partial charge in [-0.1, -0.05) is 72.8 Å². The maximum Gasteiger partial charge on any atom is 0.236 e. The number of hydrazine groups is 1. The second-order valence-electron chi connectivity index (χ2n) is 5.83. The van der Waals surface area contributed by atoms with E-state index < -0.39 is 0 Å². The van der Waals surface area contributed by atoms with E-state index in [4.69, 9.17) is 4.74 Å². The van der Waals surface area contributed by atoms with Crippen molar-refractivity contribution in [1.29, 1.82) is 0 Å². The van der Waals surface area contributed by atoms with Crippen LogP contribution in [0.2, 0.25) is 0 Å². The van der Waals surface area contributed by atoms with Crippen LogP contribution in [-0.2, 0) is 22.7 Å². The number of carbonyl (C=O) groups is 1. The first-order valence-corrected chi connectivity index (χ1v) is 8.43. The number of nitrogens with one attached hydrogen (secondary N) is 2. The largest absolute Gasteiger partial charge is 0.376 e. The summed E-state index contributed by atoms with van der Waals surface area (Å²) in [6.45, 7) is 1.50. The Morgan fingerprint density at radius 2 is 1.64 bits per heavy atom. The fourth-order valence-electron chi connectivity index (χ4n) is 2.67. The Kier molecular flexibility index (Phi) is 6.15. The predicted octanol–water partition coefficient (Wildman–Crippen LogP) is 3.57. The molecule has 2 N–H and O–H groups in total. The van der Waals surface area contributed by atoms with E-state index in [1.54, 1.807) is 0 Å². The monoisotopic (exact) mass is 334 g/mol. The van der Waals surface area contributed by atoms with Crippen molar-refractivity contribution >= 4 is 16.7 Å². The van der Waals surface area contributed by atoms with E-state index >= 15 is 0 Å². The molecule has 0 aliphatic heterocycles. The molecule has 0 saturated heterocycles. The van der Waals surface area contributed by atoms with Crippen LogP contribution in [0.3, 0.4) is 0 Å². The Morgan fingerprint density at radius 1 is 0.880 bits per heavy atom. The molecule has 1 amide bonds. The minimum absolute atomic E-state index is 0.0751. The lowest BCUT2D eigenvalue weighted by Crippen LogP contribution is -2.37. The predicted molar refractivity (Wildman–Crippen MR) is 99.6 cm³/mol. The van der Waals surface area contributed by atoms with Gasteiger partial charge in [-0.25, -0.2) is 5.43 Å². The highest BCUT2D eigenvalue weighted by Gasteiger charge is 2.03. The average molecular weight is 334 g/mol. The van der Waals surface area contributed by atoms with E-state index in [0.717, 1.165) is 11.1 Å². The maximum atomic E-state index is 11.8. The summed E-state index contributed by atoms with van der Waals surface area (Å²) >= 11 is 0. The van der Waals surface area contributed by atoms with Crippen LogP contribution in [0.4, 0.5) is 0 Å². The summed E-state index contributed by atoms with van der Waals surface area (Å²) in [5, 5.41) is 2.39. The summed E-state index contributed by atoms with van der Waals surface area (Å²) in [6.07, 6.45) is 0.326. The molecule has 3 aromatic carbocycles. The van der Waals surface area contributed by atoms with Crippen molar-refractivity contribution in [3.05, 3.63) is 83.9 Å². The summed E-state index contributed by atoms with van der Waals surface area (Å²) in [5.41, 5.74) is 7.88. The normalized spacial score (nSPS) is 10.7. The molecule has 0 aliphatic carbocycles. The molecule has 4 nitrogen and oxygen atoms in total. The van der Waals surface area contributed by atoms with Crippen LogP contribution in [0.1, 0.15) is 17.5 Å². The van der Waals surface area contributed by atoms with E-state index in [9.17, 15) is 4.79 Å². The van der Waals surface area contributed by atoms with Crippen LogP contribution in [0.15, 0.2) is 72.8 Å². The number of fused-ring (bicyclic) bond motifs is 1. The van der Waals surface area contributed by atoms with Crippen LogP contribution in [-0.4, -0.2) is 12.5 Å². The van der Waals surface area contributed by atoms with Gasteiger partial charge in [0.1, 0.15) is 0 Å². The molecule has 0 heterocycles. The van der Waals surface area contributed by atoms with Gasteiger partial charge in [0, 0.05) is 6.54 Å². The topological polar surface area (TPSA) is 50.4 Å². The number of ether oxygens (including phenoxy) is 1. The Morgan fingerprint density at radius 3 is 2.52 bits per heavy atom. The second kappa shape index (κ2) is 8.97. The third-order valence-corrected chi connectivity index (χ3v) is 3.97. The maximum absolute atomic E-state index is 11.8. The minimum atomic E-state index is -0.0751. The summed E-state index contributed by atoms with van der Waals surface area (Å²) in [7, 11) is 0. The van der Waals surface area contributed by atoms with Crippen LogP contribution >= 0.6 is 0 Å². The average Bonchev–Trinajstić information content (AvgIpc) is 2.66. The van der Waals surface area contributed by atoms with Crippen molar-refractivity contribution in [2.24, 2.45) is 0 Å². The van der Waals surface area contributed by atoms with Crippen molar-refractivity contribution in [3.8, 4) is 0 Å². The van der Waals surface area contributed by atoms with Crippen molar-refractivity contribution in [2.45, 2.75) is 19.6 Å². The van der Waals surface area contributed by atoms with Gasteiger partial charge in [-0.05, 0) is 21.9 Å². The smallest absolute Gasteiger partial charge is 0.236 e. The van der Waals surface area contributed by atoms with Gasteiger partial charge in [0.15, 0.2) is 0 Å². The molecule has 0 atom stereocenters. The standard InChI is InChI=1S/C21H22N2O2/c24-21(23-22-15-17-7-2-1-3-8-17)13-14-25-16-19-11-6-10-18-9-4-5-12-20(18)19/h1-12,22H,13-16H2,(H,23,24). The van der Waals surface area contributed by atoms with Crippen LogP contribution in [0.5, 0.6) is 0 Å². The van der Waals surface area contributed by atoms with Crippen LogP contribution in [0, 0.1) is 0 Å². The SMILES string of the molecule is O=C(CCOCc1cccc2ccccc12)NNCc1ccccc1. The fourth-order valence-corrected chi connectivity index (χ4v) is 2.67. The Balaban J connectivity index is 1.37. The first kappa shape index (κ1) is 17.1. The molecule has 0 aromatic heterocycles. The lowest BCUT2D eigenvalue weighted by atomic mass is 10.1. The molecular formula is C21H22N2O2. The number of benzene rings is 3. The zero-order chi connectivity index (χ0) is 17.3. The summed E-state index contributed by atoms with van der Waals surface area (Å²) < 4.78 is 5.67. The minimum Gasteiger partial charge on any atom is -0.376 e. The molecule has 25 heavy (non-hydrogen) atoms. The Bertz CT molecular complexity index is 813. The van der Waals surface area contributed by atoms with Gasteiger partial charge in [-0.2, -0.15) is 0 Å². The quantitative estimate of drug-likeness (QED) is 0.489. The highest BCUT2D eigenvalue weighted by atomic mass is 16.5. The summed E-state index contributed by atoms with van der Waals surface area (Å²) in [6, 6.07) is 24.3. The lowest BCUT2D eigenvalue weighted by molar-refractivity contribution is -0.123. The molecular weight excluding hydrogens is 312 g/mol. The third-order valence-electron chi connectivity index (χ3n) is 3.97. The number of amides is 1. The molecule has 4 heteroatoms. The van der Waals surface area contributed by atoms with Crippen molar-refractivity contribution < 1.29 is 9.53 Å². The van der Waals surface area contributed by atoms with E-state index in [-0.39, 0.29) is 5.91 Å². The number of carbonyl (C=O) groups excluding carboxylic acids is 1. The van der Waals surface area contributed by atoms with Gasteiger partial charge < -0.3 is 4.74 Å². The van der Waals surface area contributed by atoms with E-state index in [1.165, 1.54) is 10.8 Å². The first-order chi connectivity index (χ1) is 12.3. The van der Waals surface area contributed by atoms with Gasteiger partial charge >= 0.3 is 0 Å². The van der Waals surface area contributed by atoms with Gasteiger partial charge in [-0.15, -0.1) is 0 Å². The van der Waals surface area contributed by atoms with Crippen molar-refractivity contribution in [3.63, 3.8) is 0 Å². The molecule has 0 unspecified atom stereocenters. The zero-order valence-corrected chi connectivity index (χ0v) is 14.1. The second-order valence-corrected chi connectivity index (χ2v) is 5.83. The molecule has 128 valence electrons. The van der Waals surface area contributed by atoms with Gasteiger partial charge in [0.05, 0.1) is 19.6 Å². The molecule has 0 aliphatic rings. The van der Waals surface area contributed by atoms with E-state index in [1.807, 2.05) is 48.5 Å². The first-order valence-electron chi connectivity index (χ1n) is 8.43. The van der Waals surface area contributed by atoms with Crippen LogP contribution in [0.25, 0.3) is 10.8 Å². The number of hydrogen-bond donors (Lipinski definition) is 2. The number of hydrogen-bond acceptors (Lipinski definition) is 3. The van der Waals surface area contributed by atoms with Gasteiger partial charge in [0.25, 0.3) is 0 Å². The molecule has 0 bridgehead atoms. The number of rotatable bonds is 8. The molecule has 0 spiro atoms. The third kappa shape index (κ3) is 5.14. The molecule has 3 aromatic rings. The van der Waals surface area contributed by atoms with Gasteiger partial charge in [-0.3, -0.25) is 10.2 Å². The van der Waals surface area contributed by atoms with Crippen molar-refractivity contribution in [1.82, 2.24) is 10.9 Å². The Hall–Kier alpha value is -2.69.